The van der Waals surface area contributed by atoms with E-state index in [-0.39, 0.29) is 11.9 Å². The minimum Gasteiger partial charge on any atom is -0.369 e. The highest BCUT2D eigenvalue weighted by Gasteiger charge is 2.26. The number of likely N-dealkylation sites (tertiary alicyclic amines) is 1. The molecule has 1 unspecified atom stereocenters. The second-order valence-electron chi connectivity index (χ2n) is 5.12. The monoisotopic (exact) mass is 269 g/mol. The van der Waals surface area contributed by atoms with Crippen LogP contribution in [0.2, 0.25) is 0 Å². The predicted molar refractivity (Wildman–Crippen MR) is 74.8 cm³/mol. The molecule has 1 atom stereocenters. The van der Waals surface area contributed by atoms with Crippen molar-refractivity contribution in [2.45, 2.75) is 18.9 Å². The standard InChI is InChI=1S/C14H15N5O/c1-18-8-10(3-5-13(18)20)19-12-6-9(7-15)2-4-11(12)17-14(19)16/h2,4,6,10H,3,5,8H2,1H3,(H2,16,17). The summed E-state index contributed by atoms with van der Waals surface area (Å²) in [6.07, 6.45) is 1.26. The van der Waals surface area contributed by atoms with Crippen LogP contribution in [0.5, 0.6) is 0 Å². The zero-order valence-electron chi connectivity index (χ0n) is 11.2. The first-order chi connectivity index (χ1) is 9.60. The van der Waals surface area contributed by atoms with E-state index < -0.39 is 0 Å². The number of carbonyl (C=O) groups is 1. The highest BCUT2D eigenvalue weighted by molar-refractivity contribution is 5.81. The number of likely N-dealkylation sites (N-methyl/N-ethyl adjacent to an activating group) is 1. The number of nitriles is 1. The Hall–Kier alpha value is -2.55. The summed E-state index contributed by atoms with van der Waals surface area (Å²) in [4.78, 5) is 17.6. The van der Waals surface area contributed by atoms with E-state index in [1.54, 1.807) is 30.1 Å². The molecule has 102 valence electrons. The maximum atomic E-state index is 11.6. The Kier molecular flexibility index (Phi) is 2.83. The Morgan fingerprint density at radius 3 is 3.00 bits per heavy atom. The Morgan fingerprint density at radius 1 is 1.50 bits per heavy atom. The molecule has 0 saturated carbocycles. The minimum atomic E-state index is 0.108. The quantitative estimate of drug-likeness (QED) is 0.844. The number of carbonyl (C=O) groups excluding carboxylic acids is 1. The SMILES string of the molecule is CN1CC(n2c(N)nc3ccc(C#N)cc32)CCC1=O. The minimum absolute atomic E-state index is 0.108. The highest BCUT2D eigenvalue weighted by atomic mass is 16.2. The summed E-state index contributed by atoms with van der Waals surface area (Å²) in [5.41, 5.74) is 8.24. The summed E-state index contributed by atoms with van der Waals surface area (Å²) in [5.74, 6) is 0.588. The van der Waals surface area contributed by atoms with Crippen LogP contribution in [-0.2, 0) is 4.79 Å². The van der Waals surface area contributed by atoms with Crippen molar-refractivity contribution in [2.24, 2.45) is 0 Å². The van der Waals surface area contributed by atoms with Crippen molar-refractivity contribution in [2.75, 3.05) is 19.3 Å². The third kappa shape index (κ3) is 1.88. The highest BCUT2D eigenvalue weighted by Crippen LogP contribution is 2.29. The van der Waals surface area contributed by atoms with Crippen molar-refractivity contribution < 1.29 is 4.79 Å². The van der Waals surface area contributed by atoms with E-state index in [1.807, 2.05) is 4.57 Å². The number of imidazole rings is 1. The number of nitrogen functional groups attached to an aromatic ring is 1. The first-order valence-corrected chi connectivity index (χ1v) is 6.51. The van der Waals surface area contributed by atoms with Crippen molar-refractivity contribution in [3.63, 3.8) is 0 Å². The van der Waals surface area contributed by atoms with Gasteiger partial charge in [0, 0.05) is 20.0 Å². The zero-order valence-corrected chi connectivity index (χ0v) is 11.2. The van der Waals surface area contributed by atoms with E-state index in [0.29, 0.717) is 24.5 Å². The van der Waals surface area contributed by atoms with Gasteiger partial charge in [0.15, 0.2) is 0 Å². The number of anilines is 1. The van der Waals surface area contributed by atoms with E-state index in [4.69, 9.17) is 11.0 Å². The molecule has 1 aromatic heterocycles. The van der Waals surface area contributed by atoms with Gasteiger partial charge in [-0.2, -0.15) is 5.26 Å². The molecule has 1 aliphatic heterocycles. The van der Waals surface area contributed by atoms with Gasteiger partial charge in [-0.25, -0.2) is 4.98 Å². The van der Waals surface area contributed by atoms with Crippen LogP contribution in [0.25, 0.3) is 11.0 Å². The first-order valence-electron chi connectivity index (χ1n) is 6.51. The second kappa shape index (κ2) is 4.53. The molecule has 6 heteroatoms. The lowest BCUT2D eigenvalue weighted by Gasteiger charge is -2.31. The molecule has 0 aliphatic carbocycles. The Morgan fingerprint density at radius 2 is 2.30 bits per heavy atom. The van der Waals surface area contributed by atoms with Gasteiger partial charge in [-0.15, -0.1) is 0 Å². The average Bonchev–Trinajstić information content (AvgIpc) is 2.77. The molecule has 1 amide bonds. The third-order valence-electron chi connectivity index (χ3n) is 3.81. The molecule has 1 saturated heterocycles. The first kappa shape index (κ1) is 12.5. The van der Waals surface area contributed by atoms with E-state index >= 15 is 0 Å². The lowest BCUT2D eigenvalue weighted by atomic mass is 10.0. The zero-order chi connectivity index (χ0) is 14.3. The molecular weight excluding hydrogens is 254 g/mol. The second-order valence-corrected chi connectivity index (χ2v) is 5.12. The lowest BCUT2D eigenvalue weighted by Crippen LogP contribution is -2.38. The number of amides is 1. The third-order valence-corrected chi connectivity index (χ3v) is 3.81. The van der Waals surface area contributed by atoms with Gasteiger partial charge in [0.25, 0.3) is 0 Å². The molecule has 1 aliphatic rings. The van der Waals surface area contributed by atoms with Gasteiger partial charge in [0.1, 0.15) is 0 Å². The molecule has 1 fully saturated rings. The van der Waals surface area contributed by atoms with Gasteiger partial charge in [-0.3, -0.25) is 4.79 Å². The molecule has 0 spiro atoms. The van der Waals surface area contributed by atoms with Crippen LogP contribution < -0.4 is 5.73 Å². The van der Waals surface area contributed by atoms with Gasteiger partial charge >= 0.3 is 0 Å². The molecule has 3 rings (SSSR count). The summed E-state index contributed by atoms with van der Waals surface area (Å²) < 4.78 is 1.94. The van der Waals surface area contributed by atoms with Crippen molar-refractivity contribution in [3.05, 3.63) is 23.8 Å². The van der Waals surface area contributed by atoms with Crippen LogP contribution in [0.4, 0.5) is 5.95 Å². The van der Waals surface area contributed by atoms with E-state index in [0.717, 1.165) is 17.5 Å². The van der Waals surface area contributed by atoms with Crippen LogP contribution in [0.15, 0.2) is 18.2 Å². The van der Waals surface area contributed by atoms with E-state index in [9.17, 15) is 4.79 Å². The Bertz CT molecular complexity index is 727. The van der Waals surface area contributed by atoms with Gasteiger partial charge < -0.3 is 15.2 Å². The number of rotatable bonds is 1. The summed E-state index contributed by atoms with van der Waals surface area (Å²) in [5, 5.41) is 9.02. The number of nitrogens with two attached hydrogens (primary N) is 1. The van der Waals surface area contributed by atoms with Crippen LogP contribution >= 0.6 is 0 Å². The number of aromatic nitrogens is 2. The largest absolute Gasteiger partial charge is 0.369 e. The molecule has 0 radical (unpaired) electrons. The fraction of sp³-hybridized carbons (Fsp3) is 0.357. The summed E-state index contributed by atoms with van der Waals surface area (Å²) >= 11 is 0. The summed E-state index contributed by atoms with van der Waals surface area (Å²) in [7, 11) is 1.80. The lowest BCUT2D eigenvalue weighted by molar-refractivity contribution is -0.132. The smallest absolute Gasteiger partial charge is 0.222 e. The van der Waals surface area contributed by atoms with Crippen molar-refractivity contribution >= 4 is 22.9 Å². The molecule has 1 aromatic carbocycles. The molecule has 0 bridgehead atoms. The predicted octanol–water partition coefficient (Wildman–Crippen LogP) is 1.28. The van der Waals surface area contributed by atoms with E-state index in [2.05, 4.69) is 11.1 Å². The molecular formula is C14H15N5O. The van der Waals surface area contributed by atoms with Gasteiger partial charge in [0.2, 0.25) is 11.9 Å². The Labute approximate surface area is 116 Å². The van der Waals surface area contributed by atoms with Crippen LogP contribution in [0, 0.1) is 11.3 Å². The number of fused-ring (bicyclic) bond motifs is 1. The van der Waals surface area contributed by atoms with Gasteiger partial charge in [0.05, 0.1) is 28.7 Å². The Balaban J connectivity index is 2.09. The number of piperidine rings is 1. The molecule has 2 N–H and O–H groups in total. The molecule has 2 heterocycles. The topological polar surface area (TPSA) is 87.9 Å². The normalized spacial score (nSPS) is 19.3. The number of hydrogen-bond donors (Lipinski definition) is 1. The number of hydrogen-bond acceptors (Lipinski definition) is 4. The van der Waals surface area contributed by atoms with Crippen LogP contribution in [-0.4, -0.2) is 34.0 Å². The van der Waals surface area contributed by atoms with Crippen LogP contribution in [0.3, 0.4) is 0 Å². The van der Waals surface area contributed by atoms with Crippen LogP contribution in [0.1, 0.15) is 24.4 Å². The summed E-state index contributed by atoms with van der Waals surface area (Å²) in [6.45, 7) is 0.616. The number of benzene rings is 1. The maximum Gasteiger partial charge on any atom is 0.222 e. The van der Waals surface area contributed by atoms with Crippen molar-refractivity contribution in [1.29, 1.82) is 5.26 Å². The number of nitrogens with zero attached hydrogens (tertiary/aromatic N) is 4. The summed E-state index contributed by atoms with van der Waals surface area (Å²) in [6, 6.07) is 7.57. The van der Waals surface area contributed by atoms with Crippen molar-refractivity contribution in [1.82, 2.24) is 14.5 Å². The molecule has 20 heavy (non-hydrogen) atoms. The molecule has 2 aromatic rings. The average molecular weight is 269 g/mol. The van der Waals surface area contributed by atoms with Gasteiger partial charge in [-0.1, -0.05) is 0 Å². The molecule has 6 nitrogen and oxygen atoms in total. The van der Waals surface area contributed by atoms with Gasteiger partial charge in [-0.05, 0) is 24.6 Å². The fourth-order valence-corrected chi connectivity index (χ4v) is 2.77. The maximum absolute atomic E-state index is 11.6. The fourth-order valence-electron chi connectivity index (χ4n) is 2.77. The van der Waals surface area contributed by atoms with E-state index in [1.165, 1.54) is 0 Å². The van der Waals surface area contributed by atoms with Crippen molar-refractivity contribution in [3.8, 4) is 6.07 Å².